The molecule has 2 aromatic heterocycles. The summed E-state index contributed by atoms with van der Waals surface area (Å²) in [6.45, 7) is 5.95. The smallest absolute Gasteiger partial charge is 0.264 e. The fourth-order valence-electron chi connectivity index (χ4n) is 4.36. The number of methoxy groups -OCH3 is 1. The van der Waals surface area contributed by atoms with E-state index in [-0.39, 0.29) is 12.7 Å². The molecule has 0 N–H and O–H groups in total. The summed E-state index contributed by atoms with van der Waals surface area (Å²) in [5.74, 6) is 1.45. The van der Waals surface area contributed by atoms with E-state index in [2.05, 4.69) is 25.1 Å². The number of thiophene rings is 1. The largest absolute Gasteiger partial charge is 0.454 e. The molecule has 1 amide bonds. The number of benzene rings is 2. The Morgan fingerprint density at radius 2 is 1.89 bits per heavy atom. The molecule has 0 spiro atoms. The van der Waals surface area contributed by atoms with Crippen molar-refractivity contribution in [2.45, 2.75) is 26.8 Å². The number of carbonyl (C=O) groups is 1. The number of carbonyl (C=O) groups excluding carboxylic acids is 1. The van der Waals surface area contributed by atoms with Gasteiger partial charge in [-0.2, -0.15) is 0 Å². The zero-order valence-corrected chi connectivity index (χ0v) is 21.0. The lowest BCUT2D eigenvalue weighted by Gasteiger charge is -2.24. The first-order valence-electron chi connectivity index (χ1n) is 11.7. The summed E-state index contributed by atoms with van der Waals surface area (Å²) in [5, 5.41) is 0.956. The van der Waals surface area contributed by atoms with Crippen LogP contribution in [0.3, 0.4) is 0 Å². The molecule has 7 heteroatoms. The lowest BCUT2D eigenvalue weighted by atomic mass is 9.99. The second-order valence-electron chi connectivity index (χ2n) is 8.69. The van der Waals surface area contributed by atoms with Crippen LogP contribution in [0.2, 0.25) is 0 Å². The Morgan fingerprint density at radius 3 is 2.63 bits per heavy atom. The van der Waals surface area contributed by atoms with Gasteiger partial charge in [0.25, 0.3) is 5.91 Å². The van der Waals surface area contributed by atoms with Crippen molar-refractivity contribution in [1.82, 2.24) is 9.88 Å². The molecule has 6 nitrogen and oxygen atoms in total. The molecule has 0 bridgehead atoms. The normalized spacial score (nSPS) is 12.3. The van der Waals surface area contributed by atoms with Gasteiger partial charge in [-0.05, 0) is 55.7 Å². The molecule has 35 heavy (non-hydrogen) atoms. The molecule has 0 saturated heterocycles. The molecule has 3 heterocycles. The van der Waals surface area contributed by atoms with Crippen molar-refractivity contribution >= 4 is 28.1 Å². The van der Waals surface area contributed by atoms with Gasteiger partial charge in [-0.3, -0.25) is 4.79 Å². The standard InChI is InChI=1S/C28H28N2O4S/c1-18-7-4-5-8-22(18)27-21(13-20-14-24-25(34-17-33-24)15-23(20)29-27)16-30(11-6-12-32-3)28(31)26-10-9-19(2)35-26/h4-5,7-10,13-15H,6,11-12,16-17H2,1-3H3. The van der Waals surface area contributed by atoms with E-state index in [0.29, 0.717) is 25.4 Å². The van der Waals surface area contributed by atoms with Gasteiger partial charge < -0.3 is 19.1 Å². The van der Waals surface area contributed by atoms with Crippen LogP contribution in [-0.4, -0.2) is 42.8 Å². The van der Waals surface area contributed by atoms with E-state index >= 15 is 0 Å². The third-order valence-electron chi connectivity index (χ3n) is 6.16. The zero-order valence-electron chi connectivity index (χ0n) is 20.2. The number of aromatic nitrogens is 1. The lowest BCUT2D eigenvalue weighted by Crippen LogP contribution is -2.32. The van der Waals surface area contributed by atoms with Crippen LogP contribution < -0.4 is 9.47 Å². The maximum absolute atomic E-state index is 13.5. The van der Waals surface area contributed by atoms with Gasteiger partial charge in [-0.1, -0.05) is 24.3 Å². The molecule has 2 aromatic carbocycles. The van der Waals surface area contributed by atoms with Crippen LogP contribution in [0.5, 0.6) is 11.5 Å². The summed E-state index contributed by atoms with van der Waals surface area (Å²) < 4.78 is 16.4. The van der Waals surface area contributed by atoms with Gasteiger partial charge >= 0.3 is 0 Å². The number of rotatable bonds is 8. The van der Waals surface area contributed by atoms with Gasteiger partial charge in [0, 0.05) is 48.7 Å². The third-order valence-corrected chi connectivity index (χ3v) is 7.15. The van der Waals surface area contributed by atoms with Crippen LogP contribution in [-0.2, 0) is 11.3 Å². The average molecular weight is 489 g/mol. The second kappa shape index (κ2) is 10.1. The highest BCUT2D eigenvalue weighted by molar-refractivity contribution is 7.13. The fourth-order valence-corrected chi connectivity index (χ4v) is 5.20. The van der Waals surface area contributed by atoms with Crippen molar-refractivity contribution in [2.24, 2.45) is 0 Å². The minimum Gasteiger partial charge on any atom is -0.454 e. The number of pyridine rings is 1. The Hall–Kier alpha value is -3.42. The zero-order chi connectivity index (χ0) is 24.4. The number of hydrogen-bond acceptors (Lipinski definition) is 6. The molecule has 0 unspecified atom stereocenters. The highest BCUT2D eigenvalue weighted by Gasteiger charge is 2.22. The summed E-state index contributed by atoms with van der Waals surface area (Å²) in [6, 6.07) is 18.1. The van der Waals surface area contributed by atoms with Crippen LogP contribution in [0.25, 0.3) is 22.2 Å². The summed E-state index contributed by atoms with van der Waals surface area (Å²) >= 11 is 1.52. The number of aryl methyl sites for hydroxylation is 2. The SMILES string of the molecule is COCCCN(Cc1cc2cc3c(cc2nc1-c1ccccc1C)OCO3)C(=O)c1ccc(C)s1. The van der Waals surface area contributed by atoms with Gasteiger partial charge in [0.1, 0.15) is 0 Å². The maximum atomic E-state index is 13.5. The molecule has 1 aliphatic rings. The third kappa shape index (κ3) is 4.88. The lowest BCUT2D eigenvalue weighted by molar-refractivity contribution is 0.0728. The van der Waals surface area contributed by atoms with E-state index < -0.39 is 0 Å². The van der Waals surface area contributed by atoms with Gasteiger partial charge in [-0.25, -0.2) is 4.98 Å². The first-order valence-corrected chi connectivity index (χ1v) is 12.5. The molecule has 180 valence electrons. The highest BCUT2D eigenvalue weighted by Crippen LogP contribution is 2.38. The maximum Gasteiger partial charge on any atom is 0.264 e. The van der Waals surface area contributed by atoms with Gasteiger partial charge in [0.05, 0.1) is 16.1 Å². The van der Waals surface area contributed by atoms with E-state index in [9.17, 15) is 4.79 Å². The first-order chi connectivity index (χ1) is 17.0. The Bertz CT molecular complexity index is 1380. The Kier molecular flexibility index (Phi) is 6.70. The number of ether oxygens (including phenoxy) is 3. The van der Waals surface area contributed by atoms with Gasteiger partial charge in [-0.15, -0.1) is 11.3 Å². The van der Waals surface area contributed by atoms with Crippen LogP contribution in [0.15, 0.2) is 54.6 Å². The Balaban J connectivity index is 1.60. The first kappa shape index (κ1) is 23.3. The predicted molar refractivity (Wildman–Crippen MR) is 138 cm³/mol. The minimum absolute atomic E-state index is 0.0284. The van der Waals surface area contributed by atoms with Crippen molar-refractivity contribution in [3.8, 4) is 22.8 Å². The minimum atomic E-state index is 0.0284. The quantitative estimate of drug-likeness (QED) is 0.285. The van der Waals surface area contributed by atoms with Gasteiger partial charge in [0.15, 0.2) is 11.5 Å². The van der Waals surface area contributed by atoms with Crippen LogP contribution in [0.4, 0.5) is 0 Å². The van der Waals surface area contributed by atoms with Crippen molar-refractivity contribution in [1.29, 1.82) is 0 Å². The monoisotopic (exact) mass is 488 g/mol. The predicted octanol–water partition coefficient (Wildman–Crippen LogP) is 5.99. The molecular formula is C28H28N2O4S. The molecule has 0 radical (unpaired) electrons. The molecule has 0 fully saturated rings. The van der Waals surface area contributed by atoms with E-state index in [4.69, 9.17) is 19.2 Å². The molecular weight excluding hydrogens is 460 g/mol. The number of nitrogens with zero attached hydrogens (tertiary/aromatic N) is 2. The van der Waals surface area contributed by atoms with Crippen LogP contribution in [0, 0.1) is 13.8 Å². The summed E-state index contributed by atoms with van der Waals surface area (Å²) in [4.78, 5) is 22.4. The summed E-state index contributed by atoms with van der Waals surface area (Å²) in [7, 11) is 1.68. The summed E-state index contributed by atoms with van der Waals surface area (Å²) in [5.41, 5.74) is 4.89. The second-order valence-corrected chi connectivity index (χ2v) is 9.98. The van der Waals surface area contributed by atoms with E-state index in [1.165, 1.54) is 11.3 Å². The number of amides is 1. The molecule has 4 aromatic rings. The Morgan fingerprint density at radius 1 is 1.09 bits per heavy atom. The van der Waals surface area contributed by atoms with Crippen molar-refractivity contribution in [3.63, 3.8) is 0 Å². The topological polar surface area (TPSA) is 60.9 Å². The fraction of sp³-hybridized carbons (Fsp3) is 0.286. The number of fused-ring (bicyclic) bond motifs is 2. The number of hydrogen-bond donors (Lipinski definition) is 0. The van der Waals surface area contributed by atoms with Crippen molar-refractivity contribution < 1.29 is 19.0 Å². The highest BCUT2D eigenvalue weighted by atomic mass is 32.1. The van der Waals surface area contributed by atoms with Crippen molar-refractivity contribution in [3.05, 3.63) is 75.5 Å². The van der Waals surface area contributed by atoms with Gasteiger partial charge in [0.2, 0.25) is 6.79 Å². The molecule has 5 rings (SSSR count). The Labute approximate surface area is 209 Å². The summed E-state index contributed by atoms with van der Waals surface area (Å²) in [6.07, 6.45) is 0.756. The van der Waals surface area contributed by atoms with Crippen LogP contribution >= 0.6 is 11.3 Å². The van der Waals surface area contributed by atoms with Crippen LogP contribution in [0.1, 0.15) is 32.1 Å². The van der Waals surface area contributed by atoms with Crippen molar-refractivity contribution in [2.75, 3.05) is 27.1 Å². The molecule has 0 aliphatic carbocycles. The van der Waals surface area contributed by atoms with E-state index in [1.54, 1.807) is 7.11 Å². The van der Waals surface area contributed by atoms with E-state index in [0.717, 1.165) is 55.2 Å². The van der Waals surface area contributed by atoms with E-state index in [1.807, 2.05) is 48.2 Å². The molecule has 1 aliphatic heterocycles. The molecule has 0 atom stereocenters. The molecule has 0 saturated carbocycles. The average Bonchev–Trinajstić information content (AvgIpc) is 3.50.